The number of benzene rings is 3. The SMILES string of the molecule is CCc1ccc(Oc2ccc(C(=O)c3cc(N)cc(N)c3)cc2)cc1. The van der Waals surface area contributed by atoms with E-state index in [1.807, 2.05) is 24.3 Å². The molecule has 0 spiro atoms. The highest BCUT2D eigenvalue weighted by atomic mass is 16.5. The first kappa shape index (κ1) is 16.6. The average Bonchev–Trinajstić information content (AvgIpc) is 2.61. The van der Waals surface area contributed by atoms with Crippen molar-refractivity contribution < 1.29 is 9.53 Å². The molecule has 0 saturated heterocycles. The maximum absolute atomic E-state index is 12.5. The van der Waals surface area contributed by atoms with Gasteiger partial charge in [-0.1, -0.05) is 19.1 Å². The van der Waals surface area contributed by atoms with Gasteiger partial charge < -0.3 is 16.2 Å². The molecule has 4 N–H and O–H groups in total. The second-order valence-corrected chi connectivity index (χ2v) is 5.84. The van der Waals surface area contributed by atoms with Gasteiger partial charge in [-0.15, -0.1) is 0 Å². The molecular formula is C21H20N2O2. The van der Waals surface area contributed by atoms with Gasteiger partial charge in [-0.05, 0) is 66.6 Å². The Hall–Kier alpha value is -3.27. The fraction of sp³-hybridized carbons (Fsp3) is 0.0952. The van der Waals surface area contributed by atoms with Crippen LogP contribution < -0.4 is 16.2 Å². The topological polar surface area (TPSA) is 78.3 Å². The van der Waals surface area contributed by atoms with Crippen molar-refractivity contribution in [2.75, 3.05) is 11.5 Å². The van der Waals surface area contributed by atoms with Crippen molar-refractivity contribution in [3.8, 4) is 11.5 Å². The Morgan fingerprint density at radius 1 is 0.800 bits per heavy atom. The van der Waals surface area contributed by atoms with Crippen LogP contribution in [0.3, 0.4) is 0 Å². The first-order chi connectivity index (χ1) is 12.0. The molecule has 4 nitrogen and oxygen atoms in total. The van der Waals surface area contributed by atoms with E-state index in [1.54, 1.807) is 42.5 Å². The minimum Gasteiger partial charge on any atom is -0.457 e. The Balaban J connectivity index is 1.75. The molecule has 0 aliphatic carbocycles. The highest BCUT2D eigenvalue weighted by Gasteiger charge is 2.10. The zero-order valence-corrected chi connectivity index (χ0v) is 14.0. The normalized spacial score (nSPS) is 10.4. The van der Waals surface area contributed by atoms with Gasteiger partial charge in [0.05, 0.1) is 0 Å². The van der Waals surface area contributed by atoms with Crippen molar-refractivity contribution in [2.45, 2.75) is 13.3 Å². The molecule has 3 aromatic rings. The van der Waals surface area contributed by atoms with E-state index in [-0.39, 0.29) is 5.78 Å². The number of nitrogen functional groups attached to an aromatic ring is 2. The third kappa shape index (κ3) is 3.98. The van der Waals surface area contributed by atoms with Crippen LogP contribution in [0.1, 0.15) is 28.4 Å². The fourth-order valence-electron chi connectivity index (χ4n) is 2.58. The zero-order chi connectivity index (χ0) is 17.8. The van der Waals surface area contributed by atoms with Crippen LogP contribution in [0.15, 0.2) is 66.7 Å². The molecule has 25 heavy (non-hydrogen) atoms. The lowest BCUT2D eigenvalue weighted by atomic mass is 10.0. The maximum atomic E-state index is 12.5. The number of hydrogen-bond donors (Lipinski definition) is 2. The van der Waals surface area contributed by atoms with E-state index in [1.165, 1.54) is 5.56 Å². The summed E-state index contributed by atoms with van der Waals surface area (Å²) >= 11 is 0. The molecule has 0 heterocycles. The van der Waals surface area contributed by atoms with Crippen molar-refractivity contribution in [2.24, 2.45) is 0 Å². The molecule has 0 aromatic heterocycles. The number of carbonyl (C=O) groups excluding carboxylic acids is 1. The molecule has 0 aliphatic rings. The molecule has 0 atom stereocenters. The highest BCUT2D eigenvalue weighted by Crippen LogP contribution is 2.24. The quantitative estimate of drug-likeness (QED) is 0.535. The molecule has 0 saturated carbocycles. The van der Waals surface area contributed by atoms with Gasteiger partial charge in [-0.3, -0.25) is 4.79 Å². The predicted octanol–water partition coefficient (Wildman–Crippen LogP) is 4.44. The molecule has 3 aromatic carbocycles. The maximum Gasteiger partial charge on any atom is 0.193 e. The van der Waals surface area contributed by atoms with Crippen molar-refractivity contribution in [3.63, 3.8) is 0 Å². The summed E-state index contributed by atoms with van der Waals surface area (Å²) in [6, 6.07) is 19.8. The van der Waals surface area contributed by atoms with Crippen molar-refractivity contribution >= 4 is 17.2 Å². The van der Waals surface area contributed by atoms with E-state index < -0.39 is 0 Å². The molecule has 0 amide bonds. The van der Waals surface area contributed by atoms with Gasteiger partial charge in [-0.25, -0.2) is 0 Å². The highest BCUT2D eigenvalue weighted by molar-refractivity contribution is 6.10. The van der Waals surface area contributed by atoms with Gasteiger partial charge in [0, 0.05) is 22.5 Å². The van der Waals surface area contributed by atoms with Gasteiger partial charge in [-0.2, -0.15) is 0 Å². The van der Waals surface area contributed by atoms with E-state index in [2.05, 4.69) is 6.92 Å². The van der Waals surface area contributed by atoms with E-state index in [0.29, 0.717) is 28.3 Å². The van der Waals surface area contributed by atoms with E-state index in [0.717, 1.165) is 12.2 Å². The lowest BCUT2D eigenvalue weighted by Gasteiger charge is -2.08. The lowest BCUT2D eigenvalue weighted by Crippen LogP contribution is -2.03. The molecule has 0 bridgehead atoms. The monoisotopic (exact) mass is 332 g/mol. The van der Waals surface area contributed by atoms with Gasteiger partial charge in [0.15, 0.2) is 5.78 Å². The van der Waals surface area contributed by atoms with Crippen LogP contribution >= 0.6 is 0 Å². The molecular weight excluding hydrogens is 312 g/mol. The number of aryl methyl sites for hydroxylation is 1. The number of anilines is 2. The largest absolute Gasteiger partial charge is 0.457 e. The summed E-state index contributed by atoms with van der Waals surface area (Å²) in [4.78, 5) is 12.5. The van der Waals surface area contributed by atoms with Crippen LogP contribution in [0.2, 0.25) is 0 Å². The van der Waals surface area contributed by atoms with Crippen LogP contribution in [0.4, 0.5) is 11.4 Å². The van der Waals surface area contributed by atoms with E-state index >= 15 is 0 Å². The summed E-state index contributed by atoms with van der Waals surface area (Å²) in [5.41, 5.74) is 14.7. The van der Waals surface area contributed by atoms with Crippen LogP contribution in [0.25, 0.3) is 0 Å². The third-order valence-electron chi connectivity index (χ3n) is 3.92. The molecule has 0 aliphatic heterocycles. The summed E-state index contributed by atoms with van der Waals surface area (Å²) in [6.07, 6.45) is 0.992. The molecule has 3 rings (SSSR count). The van der Waals surface area contributed by atoms with E-state index in [9.17, 15) is 4.79 Å². The van der Waals surface area contributed by atoms with Crippen LogP contribution in [0, 0.1) is 0 Å². The van der Waals surface area contributed by atoms with Crippen molar-refractivity contribution in [1.29, 1.82) is 0 Å². The molecule has 0 radical (unpaired) electrons. The van der Waals surface area contributed by atoms with Gasteiger partial charge in [0.25, 0.3) is 0 Å². The van der Waals surface area contributed by atoms with Crippen molar-refractivity contribution in [3.05, 3.63) is 83.4 Å². The van der Waals surface area contributed by atoms with Crippen molar-refractivity contribution in [1.82, 2.24) is 0 Å². The number of ether oxygens (including phenoxy) is 1. The molecule has 0 fully saturated rings. The van der Waals surface area contributed by atoms with Gasteiger partial charge >= 0.3 is 0 Å². The average molecular weight is 332 g/mol. The van der Waals surface area contributed by atoms with E-state index in [4.69, 9.17) is 16.2 Å². The predicted molar refractivity (Wildman–Crippen MR) is 101 cm³/mol. The van der Waals surface area contributed by atoms with Crippen LogP contribution in [-0.4, -0.2) is 5.78 Å². The summed E-state index contributed by atoms with van der Waals surface area (Å²) in [7, 11) is 0. The molecule has 126 valence electrons. The zero-order valence-electron chi connectivity index (χ0n) is 14.0. The summed E-state index contributed by atoms with van der Waals surface area (Å²) in [5, 5.41) is 0. The standard InChI is InChI=1S/C21H20N2O2/c1-2-14-3-7-19(8-4-14)25-20-9-5-15(6-10-20)21(24)16-11-17(22)13-18(23)12-16/h3-13H,2,22-23H2,1H3. The summed E-state index contributed by atoms with van der Waals surface area (Å²) in [6.45, 7) is 2.11. The fourth-order valence-corrected chi connectivity index (χ4v) is 2.58. The van der Waals surface area contributed by atoms with Crippen LogP contribution in [-0.2, 0) is 6.42 Å². The first-order valence-electron chi connectivity index (χ1n) is 8.13. The van der Waals surface area contributed by atoms with Gasteiger partial charge in [0.2, 0.25) is 0 Å². The third-order valence-corrected chi connectivity index (χ3v) is 3.92. The number of ketones is 1. The lowest BCUT2D eigenvalue weighted by molar-refractivity contribution is 0.103. The molecule has 4 heteroatoms. The minimum absolute atomic E-state index is 0.127. The Morgan fingerprint density at radius 2 is 1.32 bits per heavy atom. The Bertz CT molecular complexity index is 865. The second-order valence-electron chi connectivity index (χ2n) is 5.84. The minimum atomic E-state index is -0.127. The smallest absolute Gasteiger partial charge is 0.193 e. The number of carbonyl (C=O) groups is 1. The Labute approximate surface area is 147 Å². The Morgan fingerprint density at radius 3 is 1.84 bits per heavy atom. The number of hydrogen-bond acceptors (Lipinski definition) is 4. The van der Waals surface area contributed by atoms with Crippen LogP contribution in [0.5, 0.6) is 11.5 Å². The second kappa shape index (κ2) is 7.09. The molecule has 0 unspecified atom stereocenters. The summed E-state index contributed by atoms with van der Waals surface area (Å²) < 4.78 is 5.81. The Kier molecular flexibility index (Phi) is 4.70. The number of nitrogens with two attached hydrogens (primary N) is 2. The van der Waals surface area contributed by atoms with Gasteiger partial charge in [0.1, 0.15) is 11.5 Å². The number of rotatable bonds is 5. The first-order valence-corrected chi connectivity index (χ1v) is 8.13. The summed E-state index contributed by atoms with van der Waals surface area (Å²) in [5.74, 6) is 1.31.